The van der Waals surface area contributed by atoms with Gasteiger partial charge in [0.2, 0.25) is 0 Å². The highest BCUT2D eigenvalue weighted by atomic mass is 19.4. The molecule has 0 atom stereocenters. The number of fused-ring (bicyclic) bond motifs is 1. The summed E-state index contributed by atoms with van der Waals surface area (Å²) in [6.45, 7) is -0.206. The standard InChI is InChI=1S/C15H10F6N4O2/c1-26-7-9-6-8(2-4-11(9)27-15(19,20)21)10-3-5-12-22-23-13(14(16,17)18)25(12)24-10/h2-6H,7H2,1H3. The normalized spacial score (nSPS) is 12.6. The lowest BCUT2D eigenvalue weighted by Gasteiger charge is -2.14. The zero-order valence-electron chi connectivity index (χ0n) is 13.5. The molecule has 0 aliphatic carbocycles. The predicted octanol–water partition coefficient (Wildman–Crippen LogP) is 3.86. The molecule has 0 amide bonds. The van der Waals surface area contributed by atoms with E-state index in [0.29, 0.717) is 4.52 Å². The molecule has 2 heterocycles. The number of benzene rings is 1. The van der Waals surface area contributed by atoms with Crippen molar-refractivity contribution in [2.75, 3.05) is 7.11 Å². The molecule has 0 bridgehead atoms. The second-order valence-corrected chi connectivity index (χ2v) is 5.31. The summed E-state index contributed by atoms with van der Waals surface area (Å²) in [6.07, 6.45) is -9.66. The third-order valence-electron chi connectivity index (χ3n) is 3.40. The van der Waals surface area contributed by atoms with Gasteiger partial charge in [0.15, 0.2) is 5.65 Å². The van der Waals surface area contributed by atoms with Gasteiger partial charge in [0.05, 0.1) is 12.3 Å². The topological polar surface area (TPSA) is 61.5 Å². The fourth-order valence-electron chi connectivity index (χ4n) is 2.35. The molecule has 2 aromatic heterocycles. The van der Waals surface area contributed by atoms with Gasteiger partial charge in [-0.3, -0.25) is 0 Å². The molecule has 3 aromatic rings. The summed E-state index contributed by atoms with van der Waals surface area (Å²) in [6, 6.07) is 6.21. The van der Waals surface area contributed by atoms with Gasteiger partial charge in [-0.1, -0.05) is 0 Å². The Labute approximate surface area is 147 Å². The quantitative estimate of drug-likeness (QED) is 0.631. The fraction of sp³-hybridized carbons (Fsp3) is 0.267. The van der Waals surface area contributed by atoms with Crippen LogP contribution in [0.25, 0.3) is 16.9 Å². The van der Waals surface area contributed by atoms with E-state index in [2.05, 4.69) is 20.0 Å². The minimum Gasteiger partial charge on any atom is -0.405 e. The molecule has 0 unspecified atom stereocenters. The Morgan fingerprint density at radius 3 is 2.37 bits per heavy atom. The molecule has 3 rings (SSSR count). The second-order valence-electron chi connectivity index (χ2n) is 5.31. The number of halogens is 6. The van der Waals surface area contributed by atoms with Crippen LogP contribution in [0.2, 0.25) is 0 Å². The number of alkyl halides is 6. The Morgan fingerprint density at radius 1 is 1.00 bits per heavy atom. The Balaban J connectivity index is 2.06. The molecular weight excluding hydrogens is 382 g/mol. The van der Waals surface area contributed by atoms with Crippen molar-refractivity contribution in [3.63, 3.8) is 0 Å². The van der Waals surface area contributed by atoms with Gasteiger partial charge in [-0.2, -0.15) is 22.8 Å². The van der Waals surface area contributed by atoms with Crippen LogP contribution in [0, 0.1) is 0 Å². The first-order chi connectivity index (χ1) is 12.6. The molecule has 0 saturated heterocycles. The lowest BCUT2D eigenvalue weighted by atomic mass is 10.1. The summed E-state index contributed by atoms with van der Waals surface area (Å²) in [5, 5.41) is 10.3. The van der Waals surface area contributed by atoms with Crippen molar-refractivity contribution in [1.82, 2.24) is 19.8 Å². The van der Waals surface area contributed by atoms with E-state index in [0.717, 1.165) is 6.07 Å². The first-order valence-corrected chi connectivity index (χ1v) is 7.26. The van der Waals surface area contributed by atoms with Crippen molar-refractivity contribution >= 4 is 5.65 Å². The largest absolute Gasteiger partial charge is 0.573 e. The molecule has 0 saturated carbocycles. The van der Waals surface area contributed by atoms with Crippen molar-refractivity contribution < 1.29 is 35.8 Å². The minimum atomic E-state index is -4.90. The molecule has 0 fully saturated rings. The Morgan fingerprint density at radius 2 is 1.74 bits per heavy atom. The smallest absolute Gasteiger partial charge is 0.405 e. The van der Waals surface area contributed by atoms with Gasteiger partial charge in [-0.05, 0) is 30.3 Å². The first-order valence-electron chi connectivity index (χ1n) is 7.26. The van der Waals surface area contributed by atoms with E-state index < -0.39 is 24.1 Å². The van der Waals surface area contributed by atoms with E-state index in [1.54, 1.807) is 0 Å². The summed E-state index contributed by atoms with van der Waals surface area (Å²) in [5.41, 5.74) is 0.262. The molecule has 1 aromatic carbocycles. The molecule has 0 spiro atoms. The van der Waals surface area contributed by atoms with Gasteiger partial charge in [-0.15, -0.1) is 23.4 Å². The Hall–Kier alpha value is -2.89. The third-order valence-corrected chi connectivity index (χ3v) is 3.40. The van der Waals surface area contributed by atoms with Gasteiger partial charge in [-0.25, -0.2) is 0 Å². The van der Waals surface area contributed by atoms with Gasteiger partial charge in [0, 0.05) is 18.2 Å². The van der Waals surface area contributed by atoms with Crippen LogP contribution in [-0.4, -0.2) is 33.3 Å². The summed E-state index contributed by atoms with van der Waals surface area (Å²) >= 11 is 0. The minimum absolute atomic E-state index is 0.0500. The van der Waals surface area contributed by atoms with Crippen LogP contribution in [0.3, 0.4) is 0 Å². The number of rotatable bonds is 4. The number of hydrogen-bond acceptors (Lipinski definition) is 5. The van der Waals surface area contributed by atoms with Crippen molar-refractivity contribution in [2.45, 2.75) is 19.1 Å². The first kappa shape index (κ1) is 18.9. The molecular formula is C15H10F6N4O2. The highest BCUT2D eigenvalue weighted by Crippen LogP contribution is 2.32. The monoisotopic (exact) mass is 392 g/mol. The van der Waals surface area contributed by atoms with Crippen LogP contribution >= 0.6 is 0 Å². The molecule has 27 heavy (non-hydrogen) atoms. The average molecular weight is 392 g/mol. The van der Waals surface area contributed by atoms with E-state index in [-0.39, 0.29) is 29.1 Å². The van der Waals surface area contributed by atoms with Crippen molar-refractivity contribution in [1.29, 1.82) is 0 Å². The maximum absolute atomic E-state index is 13.0. The van der Waals surface area contributed by atoms with Gasteiger partial charge in [0.1, 0.15) is 5.75 Å². The average Bonchev–Trinajstić information content (AvgIpc) is 2.98. The van der Waals surface area contributed by atoms with E-state index in [4.69, 9.17) is 4.74 Å². The SMILES string of the molecule is COCc1cc(-c2ccc3nnc(C(F)(F)F)n3n2)ccc1OC(F)(F)F. The van der Waals surface area contributed by atoms with Crippen LogP contribution in [-0.2, 0) is 17.5 Å². The van der Waals surface area contributed by atoms with Gasteiger partial charge >= 0.3 is 12.5 Å². The van der Waals surface area contributed by atoms with Crippen LogP contribution in [0.15, 0.2) is 30.3 Å². The summed E-state index contributed by atoms with van der Waals surface area (Å²) in [5.74, 6) is -1.79. The molecule has 6 nitrogen and oxygen atoms in total. The maximum atomic E-state index is 13.0. The number of hydrogen-bond donors (Lipinski definition) is 0. The van der Waals surface area contributed by atoms with Crippen LogP contribution in [0.1, 0.15) is 11.4 Å². The van der Waals surface area contributed by atoms with Gasteiger partial charge in [0.25, 0.3) is 5.82 Å². The zero-order valence-corrected chi connectivity index (χ0v) is 13.5. The number of ether oxygens (including phenoxy) is 2. The van der Waals surface area contributed by atoms with Gasteiger partial charge < -0.3 is 9.47 Å². The molecule has 0 N–H and O–H groups in total. The van der Waals surface area contributed by atoms with Crippen molar-refractivity contribution in [3.8, 4) is 17.0 Å². The molecule has 144 valence electrons. The summed E-state index contributed by atoms with van der Waals surface area (Å²) in [7, 11) is 1.28. The van der Waals surface area contributed by atoms with Crippen molar-refractivity contribution in [2.24, 2.45) is 0 Å². The van der Waals surface area contributed by atoms with E-state index in [9.17, 15) is 26.3 Å². The lowest BCUT2D eigenvalue weighted by molar-refractivity contribution is -0.275. The fourth-order valence-corrected chi connectivity index (χ4v) is 2.35. The number of aromatic nitrogens is 4. The molecule has 0 radical (unpaired) electrons. The number of nitrogens with zero attached hydrogens (tertiary/aromatic N) is 4. The molecule has 0 aliphatic rings. The lowest BCUT2D eigenvalue weighted by Crippen LogP contribution is -2.18. The highest BCUT2D eigenvalue weighted by molar-refractivity contribution is 5.63. The highest BCUT2D eigenvalue weighted by Gasteiger charge is 2.37. The third kappa shape index (κ3) is 4.10. The van der Waals surface area contributed by atoms with Crippen molar-refractivity contribution in [3.05, 3.63) is 41.7 Å². The Bertz CT molecular complexity index is 967. The number of methoxy groups -OCH3 is 1. The van der Waals surface area contributed by atoms with E-state index >= 15 is 0 Å². The van der Waals surface area contributed by atoms with Crippen LogP contribution < -0.4 is 4.74 Å². The van der Waals surface area contributed by atoms with E-state index in [1.807, 2.05) is 0 Å². The van der Waals surface area contributed by atoms with E-state index in [1.165, 1.54) is 31.4 Å². The summed E-state index contributed by atoms with van der Waals surface area (Å²) < 4.78 is 85.6. The molecule has 0 aliphatic heterocycles. The maximum Gasteiger partial charge on any atom is 0.573 e. The zero-order chi connectivity index (χ0) is 19.8. The summed E-state index contributed by atoms with van der Waals surface area (Å²) in [4.78, 5) is 0. The second kappa shape index (κ2) is 6.68. The Kier molecular flexibility index (Phi) is 4.68. The molecule has 12 heteroatoms. The van der Waals surface area contributed by atoms with Crippen LogP contribution in [0.4, 0.5) is 26.3 Å². The van der Waals surface area contributed by atoms with Crippen LogP contribution in [0.5, 0.6) is 5.75 Å². The predicted molar refractivity (Wildman–Crippen MR) is 78.6 cm³/mol.